The van der Waals surface area contributed by atoms with Crippen LogP contribution in [0.2, 0.25) is 0 Å². The van der Waals surface area contributed by atoms with Crippen molar-refractivity contribution in [2.45, 2.75) is 25.5 Å². The Labute approximate surface area is 117 Å². The average Bonchev–Trinajstić information content (AvgIpc) is 2.41. The van der Waals surface area contributed by atoms with Gasteiger partial charge in [-0.25, -0.2) is 0 Å². The van der Waals surface area contributed by atoms with Crippen molar-refractivity contribution >= 4 is 10.8 Å². The minimum atomic E-state index is -0.756. The van der Waals surface area contributed by atoms with Crippen molar-refractivity contribution in [2.24, 2.45) is 0 Å². The van der Waals surface area contributed by atoms with Crippen molar-refractivity contribution in [3.05, 3.63) is 30.3 Å². The normalized spacial score (nSPS) is 15.7. The van der Waals surface area contributed by atoms with Crippen LogP contribution < -0.4 is 10.1 Å². The molecule has 0 spiro atoms. The van der Waals surface area contributed by atoms with Gasteiger partial charge < -0.3 is 15.2 Å². The third kappa shape index (κ3) is 7.97. The van der Waals surface area contributed by atoms with Gasteiger partial charge in [-0.1, -0.05) is 18.2 Å². The number of aliphatic hydroxyl groups excluding tert-OH is 1. The summed E-state index contributed by atoms with van der Waals surface area (Å²) in [4.78, 5) is 0. The molecule has 0 aliphatic rings. The number of hydrogen-bond acceptors (Lipinski definition) is 4. The van der Waals surface area contributed by atoms with E-state index in [2.05, 4.69) is 5.32 Å². The van der Waals surface area contributed by atoms with E-state index in [1.54, 1.807) is 6.26 Å². The standard InChI is InChI=1S/C14H23NO3S/c1-12(8-9-19(2)17)15-10-13(16)11-18-14-6-4-3-5-7-14/h3-7,12-13,15-16H,8-11H2,1-2H3. The van der Waals surface area contributed by atoms with Gasteiger partial charge in [-0.05, 0) is 25.5 Å². The van der Waals surface area contributed by atoms with Gasteiger partial charge in [-0.3, -0.25) is 4.21 Å². The lowest BCUT2D eigenvalue weighted by Gasteiger charge is -2.17. The zero-order valence-corrected chi connectivity index (χ0v) is 12.4. The van der Waals surface area contributed by atoms with Gasteiger partial charge in [0.1, 0.15) is 18.5 Å². The Bertz CT molecular complexity index is 372. The van der Waals surface area contributed by atoms with Crippen LogP contribution in [0.15, 0.2) is 30.3 Å². The summed E-state index contributed by atoms with van der Waals surface area (Å²) in [5, 5.41) is 13.0. The third-order valence-corrected chi connectivity index (χ3v) is 3.54. The number of rotatable bonds is 9. The summed E-state index contributed by atoms with van der Waals surface area (Å²) in [5.74, 6) is 1.45. The average molecular weight is 285 g/mol. The van der Waals surface area contributed by atoms with Crippen molar-refractivity contribution < 1.29 is 14.1 Å². The predicted octanol–water partition coefficient (Wildman–Crippen LogP) is 1.17. The summed E-state index contributed by atoms with van der Waals surface area (Å²) in [5.41, 5.74) is 0. The molecule has 0 bridgehead atoms. The van der Waals surface area contributed by atoms with Crippen LogP contribution >= 0.6 is 0 Å². The highest BCUT2D eigenvalue weighted by molar-refractivity contribution is 7.84. The molecule has 0 fully saturated rings. The summed E-state index contributed by atoms with van der Waals surface area (Å²) in [6.07, 6.45) is 2.00. The minimum Gasteiger partial charge on any atom is -0.491 e. The molecule has 0 heterocycles. The molecular formula is C14H23NO3S. The van der Waals surface area contributed by atoms with Crippen molar-refractivity contribution in [3.8, 4) is 5.75 Å². The van der Waals surface area contributed by atoms with Gasteiger partial charge in [0, 0.05) is 35.4 Å². The van der Waals surface area contributed by atoms with Gasteiger partial charge in [-0.15, -0.1) is 0 Å². The van der Waals surface area contributed by atoms with Crippen molar-refractivity contribution in [1.82, 2.24) is 5.32 Å². The first kappa shape index (κ1) is 16.1. The Morgan fingerprint density at radius 2 is 2.05 bits per heavy atom. The number of hydrogen-bond donors (Lipinski definition) is 2. The van der Waals surface area contributed by atoms with Crippen molar-refractivity contribution in [1.29, 1.82) is 0 Å². The smallest absolute Gasteiger partial charge is 0.119 e. The highest BCUT2D eigenvalue weighted by atomic mass is 32.2. The van der Waals surface area contributed by atoms with E-state index in [0.29, 0.717) is 12.3 Å². The molecule has 3 atom stereocenters. The molecule has 108 valence electrons. The maximum absolute atomic E-state index is 11.0. The summed E-state index contributed by atoms with van der Waals surface area (Å²) >= 11 is 0. The second-order valence-electron chi connectivity index (χ2n) is 4.65. The molecule has 0 amide bonds. The van der Waals surface area contributed by atoms with Gasteiger partial charge in [-0.2, -0.15) is 0 Å². The van der Waals surface area contributed by atoms with Crippen LogP contribution in [0, 0.1) is 0 Å². The molecule has 4 nitrogen and oxygen atoms in total. The predicted molar refractivity (Wildman–Crippen MR) is 79.0 cm³/mol. The van der Waals surface area contributed by atoms with Crippen molar-refractivity contribution in [3.63, 3.8) is 0 Å². The first-order valence-electron chi connectivity index (χ1n) is 6.47. The molecule has 0 aromatic heterocycles. The monoisotopic (exact) mass is 285 g/mol. The Morgan fingerprint density at radius 3 is 2.68 bits per heavy atom. The van der Waals surface area contributed by atoms with E-state index in [1.165, 1.54) is 0 Å². The van der Waals surface area contributed by atoms with E-state index >= 15 is 0 Å². The number of aliphatic hydroxyl groups is 1. The second kappa shape index (κ2) is 9.07. The fourth-order valence-corrected chi connectivity index (χ4v) is 2.24. The largest absolute Gasteiger partial charge is 0.491 e. The molecule has 0 saturated carbocycles. The van der Waals surface area contributed by atoms with Crippen LogP contribution in [-0.2, 0) is 10.8 Å². The van der Waals surface area contributed by atoms with Gasteiger partial charge in [0.15, 0.2) is 0 Å². The Morgan fingerprint density at radius 1 is 1.37 bits per heavy atom. The van der Waals surface area contributed by atoms with Gasteiger partial charge in [0.2, 0.25) is 0 Å². The lowest BCUT2D eigenvalue weighted by Crippen LogP contribution is -2.37. The van der Waals surface area contributed by atoms with E-state index in [-0.39, 0.29) is 12.6 Å². The molecule has 5 heteroatoms. The molecule has 1 aromatic rings. The quantitative estimate of drug-likeness (QED) is 0.715. The van der Waals surface area contributed by atoms with Crippen LogP contribution in [0.5, 0.6) is 5.75 Å². The first-order chi connectivity index (χ1) is 9.08. The molecule has 0 radical (unpaired) electrons. The highest BCUT2D eigenvalue weighted by Crippen LogP contribution is 2.08. The Hall–Kier alpha value is -0.910. The molecule has 0 aliphatic carbocycles. The molecule has 19 heavy (non-hydrogen) atoms. The SMILES string of the molecule is CC(CCS(C)=O)NCC(O)COc1ccccc1. The summed E-state index contributed by atoms with van der Waals surface area (Å²) in [6, 6.07) is 9.68. The van der Waals surface area contributed by atoms with Crippen LogP contribution in [0.1, 0.15) is 13.3 Å². The van der Waals surface area contributed by atoms with E-state index < -0.39 is 16.9 Å². The fraction of sp³-hybridized carbons (Fsp3) is 0.571. The van der Waals surface area contributed by atoms with Crippen LogP contribution in [0.25, 0.3) is 0 Å². The van der Waals surface area contributed by atoms with Gasteiger partial charge >= 0.3 is 0 Å². The first-order valence-corrected chi connectivity index (χ1v) is 8.20. The minimum absolute atomic E-state index is 0.246. The third-order valence-electron chi connectivity index (χ3n) is 2.73. The summed E-state index contributed by atoms with van der Waals surface area (Å²) < 4.78 is 16.4. The van der Waals surface area contributed by atoms with E-state index in [1.807, 2.05) is 37.3 Å². The maximum Gasteiger partial charge on any atom is 0.119 e. The summed E-state index contributed by atoms with van der Waals surface area (Å²) in [6.45, 7) is 2.77. The van der Waals surface area contributed by atoms with Gasteiger partial charge in [0.25, 0.3) is 0 Å². The lowest BCUT2D eigenvalue weighted by atomic mass is 10.2. The van der Waals surface area contributed by atoms with E-state index in [4.69, 9.17) is 4.74 Å². The van der Waals surface area contributed by atoms with Crippen molar-refractivity contribution in [2.75, 3.05) is 25.2 Å². The molecule has 1 aromatic carbocycles. The Kier molecular flexibility index (Phi) is 7.70. The molecule has 3 unspecified atom stereocenters. The second-order valence-corrected chi connectivity index (χ2v) is 6.21. The fourth-order valence-electron chi connectivity index (χ4n) is 1.55. The zero-order valence-electron chi connectivity index (χ0n) is 11.5. The highest BCUT2D eigenvalue weighted by Gasteiger charge is 2.08. The van der Waals surface area contributed by atoms with E-state index in [9.17, 15) is 9.32 Å². The van der Waals surface area contributed by atoms with Crippen LogP contribution in [0.3, 0.4) is 0 Å². The molecule has 1 rings (SSSR count). The topological polar surface area (TPSA) is 58.6 Å². The Balaban J connectivity index is 2.14. The zero-order chi connectivity index (χ0) is 14.1. The number of nitrogens with one attached hydrogen (secondary N) is 1. The molecule has 0 aliphatic heterocycles. The maximum atomic E-state index is 11.0. The van der Waals surface area contributed by atoms with E-state index in [0.717, 1.165) is 12.2 Å². The molecular weight excluding hydrogens is 262 g/mol. The summed E-state index contributed by atoms with van der Waals surface area (Å²) in [7, 11) is -0.756. The number of benzene rings is 1. The van der Waals surface area contributed by atoms with Crippen LogP contribution in [-0.4, -0.2) is 46.6 Å². The number of ether oxygens (including phenoxy) is 1. The lowest BCUT2D eigenvalue weighted by molar-refractivity contribution is 0.104. The van der Waals surface area contributed by atoms with Gasteiger partial charge in [0.05, 0.1) is 0 Å². The number of para-hydroxylation sites is 1. The molecule has 2 N–H and O–H groups in total. The molecule has 0 saturated heterocycles. The van der Waals surface area contributed by atoms with Crippen LogP contribution in [0.4, 0.5) is 0 Å².